The number of nitrogens with one attached hydrogen (secondary N) is 1. The summed E-state index contributed by atoms with van der Waals surface area (Å²) >= 11 is 0. The SMILES string of the molecule is CCNS(=O)(=O)c1ccc(N)c(OC2CCOCC2)c1. The molecular formula is C13H20N2O4S. The molecule has 1 aromatic carbocycles. The summed E-state index contributed by atoms with van der Waals surface area (Å²) in [5.74, 6) is 0.413. The fraction of sp³-hybridized carbons (Fsp3) is 0.538. The molecule has 0 aliphatic carbocycles. The van der Waals surface area contributed by atoms with E-state index in [0.29, 0.717) is 31.2 Å². The number of nitrogens with two attached hydrogens (primary N) is 1. The summed E-state index contributed by atoms with van der Waals surface area (Å²) in [4.78, 5) is 0.163. The smallest absolute Gasteiger partial charge is 0.240 e. The van der Waals surface area contributed by atoms with Crippen molar-refractivity contribution in [1.29, 1.82) is 0 Å². The number of benzene rings is 1. The Morgan fingerprint density at radius 1 is 1.40 bits per heavy atom. The minimum Gasteiger partial charge on any atom is -0.488 e. The first kappa shape index (κ1) is 15.1. The highest BCUT2D eigenvalue weighted by molar-refractivity contribution is 7.89. The molecule has 0 atom stereocenters. The van der Waals surface area contributed by atoms with Gasteiger partial charge in [-0.15, -0.1) is 0 Å². The van der Waals surface area contributed by atoms with Crippen LogP contribution in [0.25, 0.3) is 0 Å². The first-order valence-corrected chi connectivity index (χ1v) is 8.15. The van der Waals surface area contributed by atoms with E-state index in [-0.39, 0.29) is 11.0 Å². The van der Waals surface area contributed by atoms with Gasteiger partial charge in [0.25, 0.3) is 0 Å². The predicted octanol–water partition coefficient (Wildman–Crippen LogP) is 1.12. The van der Waals surface area contributed by atoms with Crippen LogP contribution in [0.3, 0.4) is 0 Å². The van der Waals surface area contributed by atoms with Crippen LogP contribution < -0.4 is 15.2 Å². The third-order valence-electron chi connectivity index (χ3n) is 3.09. The third kappa shape index (κ3) is 3.62. The lowest BCUT2D eigenvalue weighted by molar-refractivity contribution is 0.0258. The fourth-order valence-electron chi connectivity index (χ4n) is 2.03. The van der Waals surface area contributed by atoms with E-state index in [2.05, 4.69) is 4.72 Å². The average Bonchev–Trinajstić information content (AvgIpc) is 2.42. The van der Waals surface area contributed by atoms with Crippen LogP contribution in [0.15, 0.2) is 23.1 Å². The maximum atomic E-state index is 12.0. The summed E-state index contributed by atoms with van der Waals surface area (Å²) in [5.41, 5.74) is 6.29. The number of rotatable bonds is 5. The largest absolute Gasteiger partial charge is 0.488 e. The lowest BCUT2D eigenvalue weighted by Gasteiger charge is -2.24. The van der Waals surface area contributed by atoms with Gasteiger partial charge in [0.2, 0.25) is 10.0 Å². The van der Waals surface area contributed by atoms with E-state index in [0.717, 1.165) is 12.8 Å². The molecule has 20 heavy (non-hydrogen) atoms. The lowest BCUT2D eigenvalue weighted by atomic mass is 10.1. The van der Waals surface area contributed by atoms with Crippen LogP contribution in [0.4, 0.5) is 5.69 Å². The monoisotopic (exact) mass is 300 g/mol. The van der Waals surface area contributed by atoms with Gasteiger partial charge in [-0.1, -0.05) is 6.92 Å². The molecule has 3 N–H and O–H groups in total. The quantitative estimate of drug-likeness (QED) is 0.795. The third-order valence-corrected chi connectivity index (χ3v) is 4.63. The predicted molar refractivity (Wildman–Crippen MR) is 76.2 cm³/mol. The van der Waals surface area contributed by atoms with Gasteiger partial charge < -0.3 is 15.2 Å². The molecule has 6 nitrogen and oxygen atoms in total. The maximum absolute atomic E-state index is 12.0. The molecule has 0 aromatic heterocycles. The Labute approximate surface area is 119 Å². The topological polar surface area (TPSA) is 90.7 Å². The van der Waals surface area contributed by atoms with Crippen LogP contribution in [0.2, 0.25) is 0 Å². The molecule has 1 fully saturated rings. The van der Waals surface area contributed by atoms with Crippen molar-refractivity contribution in [2.75, 3.05) is 25.5 Å². The van der Waals surface area contributed by atoms with Crippen LogP contribution in [-0.2, 0) is 14.8 Å². The Balaban J connectivity index is 2.20. The van der Waals surface area contributed by atoms with Crippen molar-refractivity contribution >= 4 is 15.7 Å². The molecule has 2 rings (SSSR count). The molecule has 0 bridgehead atoms. The van der Waals surface area contributed by atoms with Crippen molar-refractivity contribution in [2.24, 2.45) is 0 Å². The van der Waals surface area contributed by atoms with E-state index in [9.17, 15) is 8.42 Å². The second kappa shape index (κ2) is 6.43. The summed E-state index contributed by atoms with van der Waals surface area (Å²) in [6.45, 7) is 3.37. The summed E-state index contributed by atoms with van der Waals surface area (Å²) in [6.07, 6.45) is 1.58. The number of hydrogen-bond acceptors (Lipinski definition) is 5. The van der Waals surface area contributed by atoms with Crippen molar-refractivity contribution < 1.29 is 17.9 Å². The number of nitrogen functional groups attached to an aromatic ring is 1. The molecule has 0 unspecified atom stereocenters. The van der Waals surface area contributed by atoms with Crippen LogP contribution in [0.1, 0.15) is 19.8 Å². The molecule has 0 saturated carbocycles. The van der Waals surface area contributed by atoms with Gasteiger partial charge in [-0.2, -0.15) is 0 Å². The first-order chi connectivity index (χ1) is 9.53. The average molecular weight is 300 g/mol. The van der Waals surface area contributed by atoms with Gasteiger partial charge in [-0.25, -0.2) is 13.1 Å². The summed E-state index contributed by atoms with van der Waals surface area (Å²) in [7, 11) is -3.50. The van der Waals surface area contributed by atoms with Gasteiger partial charge in [0.15, 0.2) is 0 Å². The molecule has 0 spiro atoms. The van der Waals surface area contributed by atoms with E-state index < -0.39 is 10.0 Å². The van der Waals surface area contributed by atoms with Crippen LogP contribution in [0.5, 0.6) is 5.75 Å². The molecule has 112 valence electrons. The van der Waals surface area contributed by atoms with Crippen LogP contribution in [0, 0.1) is 0 Å². The normalized spacial score (nSPS) is 17.1. The zero-order valence-corrected chi connectivity index (χ0v) is 12.3. The van der Waals surface area contributed by atoms with Gasteiger partial charge in [-0.05, 0) is 12.1 Å². The summed E-state index contributed by atoms with van der Waals surface area (Å²) in [6, 6.07) is 4.51. The molecule has 1 aromatic rings. The molecule has 1 aliphatic heterocycles. The van der Waals surface area contributed by atoms with E-state index in [1.807, 2.05) is 0 Å². The van der Waals surface area contributed by atoms with Crippen molar-refractivity contribution in [3.05, 3.63) is 18.2 Å². The molecule has 1 aliphatic rings. The second-order valence-electron chi connectivity index (χ2n) is 4.63. The minimum atomic E-state index is -3.50. The van der Waals surface area contributed by atoms with Crippen molar-refractivity contribution in [1.82, 2.24) is 4.72 Å². The Morgan fingerprint density at radius 3 is 2.75 bits per heavy atom. The Hall–Kier alpha value is -1.31. The van der Waals surface area contributed by atoms with Gasteiger partial charge in [-0.3, -0.25) is 0 Å². The van der Waals surface area contributed by atoms with Crippen molar-refractivity contribution in [3.8, 4) is 5.75 Å². The van der Waals surface area contributed by atoms with Crippen LogP contribution >= 0.6 is 0 Å². The highest BCUT2D eigenvalue weighted by Crippen LogP contribution is 2.27. The number of sulfonamides is 1. The van der Waals surface area contributed by atoms with E-state index >= 15 is 0 Å². The molecule has 0 amide bonds. The zero-order valence-electron chi connectivity index (χ0n) is 11.5. The fourth-order valence-corrected chi connectivity index (χ4v) is 3.09. The molecule has 0 radical (unpaired) electrons. The lowest BCUT2D eigenvalue weighted by Crippen LogP contribution is -2.26. The van der Waals surface area contributed by atoms with Gasteiger partial charge in [0.05, 0.1) is 23.8 Å². The van der Waals surface area contributed by atoms with E-state index in [4.69, 9.17) is 15.2 Å². The molecule has 7 heteroatoms. The minimum absolute atomic E-state index is 0.0168. The second-order valence-corrected chi connectivity index (χ2v) is 6.40. The van der Waals surface area contributed by atoms with Gasteiger partial charge >= 0.3 is 0 Å². The van der Waals surface area contributed by atoms with Crippen molar-refractivity contribution in [2.45, 2.75) is 30.8 Å². The first-order valence-electron chi connectivity index (χ1n) is 6.66. The van der Waals surface area contributed by atoms with Crippen LogP contribution in [-0.4, -0.2) is 34.3 Å². The van der Waals surface area contributed by atoms with Gasteiger partial charge in [0, 0.05) is 25.5 Å². The molecular weight excluding hydrogens is 280 g/mol. The molecule has 1 saturated heterocycles. The molecule has 1 heterocycles. The maximum Gasteiger partial charge on any atom is 0.240 e. The van der Waals surface area contributed by atoms with Crippen molar-refractivity contribution in [3.63, 3.8) is 0 Å². The summed E-state index contributed by atoms with van der Waals surface area (Å²) in [5, 5.41) is 0. The standard InChI is InChI=1S/C13H20N2O4S/c1-2-15-20(16,17)11-3-4-12(14)13(9-11)19-10-5-7-18-8-6-10/h3-4,9-10,15H,2,5-8,14H2,1H3. The van der Waals surface area contributed by atoms with E-state index in [1.54, 1.807) is 13.0 Å². The highest BCUT2D eigenvalue weighted by atomic mass is 32.2. The van der Waals surface area contributed by atoms with Gasteiger partial charge in [0.1, 0.15) is 11.9 Å². The summed E-state index contributed by atoms with van der Waals surface area (Å²) < 4.78 is 37.4. The number of ether oxygens (including phenoxy) is 2. The highest BCUT2D eigenvalue weighted by Gasteiger charge is 2.19. The Morgan fingerprint density at radius 2 is 2.10 bits per heavy atom. The number of hydrogen-bond donors (Lipinski definition) is 2. The zero-order chi connectivity index (χ0) is 14.6. The number of anilines is 1. The Kier molecular flexibility index (Phi) is 4.85. The Bertz CT molecular complexity index is 553. The van der Waals surface area contributed by atoms with E-state index in [1.165, 1.54) is 12.1 Å².